The molecule has 0 aliphatic carbocycles. The van der Waals surface area contributed by atoms with Gasteiger partial charge < -0.3 is 9.64 Å². The number of piperidine rings is 1. The average molecular weight is 301 g/mol. The Labute approximate surface area is 121 Å². The highest BCUT2D eigenvalue weighted by atomic mass is 19.4. The number of hydrogen-bond donors (Lipinski definition) is 0. The summed E-state index contributed by atoms with van der Waals surface area (Å²) in [6.07, 6.45) is -1.73. The summed E-state index contributed by atoms with van der Waals surface area (Å²) in [5.41, 5.74) is 0.380. The fraction of sp³-hybridized carbons (Fsp3) is 0.533. The van der Waals surface area contributed by atoms with Crippen molar-refractivity contribution in [2.45, 2.75) is 51.6 Å². The minimum Gasteiger partial charge on any atom is -0.406 e. The first-order valence-electron chi connectivity index (χ1n) is 6.96. The number of alkyl halides is 3. The molecular formula is C15H18F3NO2. The molecule has 1 aromatic rings. The number of carbonyl (C=O) groups excluding carboxylic acids is 1. The number of amides is 1. The standard InChI is InChI=1S/C15H18F3NO2/c1-10-4-3-5-11(2)19(10)14(20)12-6-8-13(9-7-12)21-15(16,17)18/h6-11H,3-5H2,1-2H3. The summed E-state index contributed by atoms with van der Waals surface area (Å²) in [4.78, 5) is 14.3. The van der Waals surface area contributed by atoms with Crippen molar-refractivity contribution in [1.82, 2.24) is 4.90 Å². The van der Waals surface area contributed by atoms with E-state index in [9.17, 15) is 18.0 Å². The summed E-state index contributed by atoms with van der Waals surface area (Å²) in [5.74, 6) is -0.466. The fourth-order valence-electron chi connectivity index (χ4n) is 2.77. The number of nitrogens with zero attached hydrogens (tertiary/aromatic N) is 1. The summed E-state index contributed by atoms with van der Waals surface area (Å²) >= 11 is 0. The molecule has 1 aliphatic heterocycles. The third-order valence-corrected chi connectivity index (χ3v) is 3.76. The summed E-state index contributed by atoms with van der Waals surface area (Å²) in [7, 11) is 0. The van der Waals surface area contributed by atoms with Gasteiger partial charge in [0.15, 0.2) is 0 Å². The fourth-order valence-corrected chi connectivity index (χ4v) is 2.77. The monoisotopic (exact) mass is 301 g/mol. The van der Waals surface area contributed by atoms with Gasteiger partial charge in [-0.3, -0.25) is 4.79 Å². The van der Waals surface area contributed by atoms with E-state index in [0.717, 1.165) is 19.3 Å². The van der Waals surface area contributed by atoms with Crippen LogP contribution in [-0.2, 0) is 0 Å². The van der Waals surface area contributed by atoms with Gasteiger partial charge in [0, 0.05) is 17.6 Å². The molecule has 6 heteroatoms. The third kappa shape index (κ3) is 3.89. The molecule has 1 aliphatic rings. The van der Waals surface area contributed by atoms with E-state index in [1.54, 1.807) is 0 Å². The van der Waals surface area contributed by atoms with E-state index < -0.39 is 6.36 Å². The van der Waals surface area contributed by atoms with Crippen LogP contribution in [0.15, 0.2) is 24.3 Å². The summed E-state index contributed by atoms with van der Waals surface area (Å²) in [6.45, 7) is 3.99. The van der Waals surface area contributed by atoms with Gasteiger partial charge in [-0.25, -0.2) is 0 Å². The van der Waals surface area contributed by atoms with Crippen LogP contribution in [0.4, 0.5) is 13.2 Å². The van der Waals surface area contributed by atoms with E-state index in [4.69, 9.17) is 0 Å². The third-order valence-electron chi connectivity index (χ3n) is 3.76. The first-order chi connectivity index (χ1) is 9.78. The second-order valence-electron chi connectivity index (χ2n) is 5.41. The van der Waals surface area contributed by atoms with E-state index in [1.807, 2.05) is 18.7 Å². The Balaban J connectivity index is 2.12. The van der Waals surface area contributed by atoms with Gasteiger partial charge >= 0.3 is 6.36 Å². The molecule has 0 saturated carbocycles. The normalized spacial score (nSPS) is 23.0. The van der Waals surface area contributed by atoms with E-state index in [1.165, 1.54) is 24.3 Å². The largest absolute Gasteiger partial charge is 0.573 e. The zero-order valence-corrected chi connectivity index (χ0v) is 12.0. The maximum atomic E-state index is 12.5. The van der Waals surface area contributed by atoms with Crippen molar-refractivity contribution in [1.29, 1.82) is 0 Å². The van der Waals surface area contributed by atoms with Crippen LogP contribution >= 0.6 is 0 Å². The predicted octanol–water partition coefficient (Wildman–Crippen LogP) is 3.99. The lowest BCUT2D eigenvalue weighted by Gasteiger charge is -2.39. The number of benzene rings is 1. The highest BCUT2D eigenvalue weighted by Gasteiger charge is 2.32. The number of carbonyl (C=O) groups is 1. The molecule has 0 radical (unpaired) electrons. The topological polar surface area (TPSA) is 29.5 Å². The summed E-state index contributed by atoms with van der Waals surface area (Å²) in [6, 6.07) is 5.37. The van der Waals surface area contributed by atoms with Crippen molar-refractivity contribution in [3.8, 4) is 5.75 Å². The first kappa shape index (κ1) is 15.7. The number of likely N-dealkylation sites (tertiary alicyclic amines) is 1. The minimum absolute atomic E-state index is 0.145. The predicted molar refractivity (Wildman–Crippen MR) is 72.1 cm³/mol. The smallest absolute Gasteiger partial charge is 0.406 e. The molecule has 0 aromatic heterocycles. The second kappa shape index (κ2) is 5.95. The molecule has 0 bridgehead atoms. The van der Waals surface area contributed by atoms with Crippen molar-refractivity contribution in [2.24, 2.45) is 0 Å². The molecule has 1 saturated heterocycles. The lowest BCUT2D eigenvalue weighted by Crippen LogP contribution is -2.47. The molecule has 1 aromatic carbocycles. The lowest BCUT2D eigenvalue weighted by molar-refractivity contribution is -0.274. The second-order valence-corrected chi connectivity index (χ2v) is 5.41. The molecular weight excluding hydrogens is 283 g/mol. The van der Waals surface area contributed by atoms with Gasteiger partial charge in [-0.15, -0.1) is 13.2 Å². The highest BCUT2D eigenvalue weighted by Crippen LogP contribution is 2.26. The van der Waals surface area contributed by atoms with Crippen LogP contribution in [0.25, 0.3) is 0 Å². The quantitative estimate of drug-likeness (QED) is 0.826. The number of halogens is 3. The van der Waals surface area contributed by atoms with Crippen molar-refractivity contribution < 1.29 is 22.7 Å². The Hall–Kier alpha value is -1.72. The molecule has 21 heavy (non-hydrogen) atoms. The maximum Gasteiger partial charge on any atom is 0.573 e. The zero-order chi connectivity index (χ0) is 15.6. The summed E-state index contributed by atoms with van der Waals surface area (Å²) < 4.78 is 40.1. The molecule has 2 atom stereocenters. The van der Waals surface area contributed by atoms with Gasteiger partial charge in [0.05, 0.1) is 0 Å². The zero-order valence-electron chi connectivity index (χ0n) is 12.0. The van der Waals surface area contributed by atoms with Crippen LogP contribution in [0, 0.1) is 0 Å². The average Bonchev–Trinajstić information content (AvgIpc) is 2.37. The van der Waals surface area contributed by atoms with Crippen molar-refractivity contribution in [3.63, 3.8) is 0 Å². The van der Waals surface area contributed by atoms with Crippen LogP contribution in [0.5, 0.6) is 5.75 Å². The Kier molecular flexibility index (Phi) is 4.44. The molecule has 0 spiro atoms. The number of ether oxygens (including phenoxy) is 1. The Morgan fingerprint density at radius 2 is 1.67 bits per heavy atom. The lowest BCUT2D eigenvalue weighted by atomic mass is 9.96. The van der Waals surface area contributed by atoms with Gasteiger partial charge in [-0.2, -0.15) is 0 Å². The first-order valence-corrected chi connectivity index (χ1v) is 6.96. The van der Waals surface area contributed by atoms with Crippen molar-refractivity contribution in [2.75, 3.05) is 0 Å². The minimum atomic E-state index is -4.72. The molecule has 1 heterocycles. The van der Waals surface area contributed by atoms with Gasteiger partial charge in [-0.05, 0) is 57.4 Å². The van der Waals surface area contributed by atoms with Gasteiger partial charge in [-0.1, -0.05) is 0 Å². The van der Waals surface area contributed by atoms with E-state index in [2.05, 4.69) is 4.74 Å². The molecule has 116 valence electrons. The van der Waals surface area contributed by atoms with E-state index in [-0.39, 0.29) is 23.7 Å². The summed E-state index contributed by atoms with van der Waals surface area (Å²) in [5, 5.41) is 0. The molecule has 1 amide bonds. The molecule has 2 rings (SSSR count). The van der Waals surface area contributed by atoms with Crippen LogP contribution in [0.1, 0.15) is 43.5 Å². The van der Waals surface area contributed by atoms with E-state index in [0.29, 0.717) is 5.56 Å². The van der Waals surface area contributed by atoms with E-state index >= 15 is 0 Å². The number of hydrogen-bond acceptors (Lipinski definition) is 2. The number of rotatable bonds is 2. The van der Waals surface area contributed by atoms with Crippen molar-refractivity contribution in [3.05, 3.63) is 29.8 Å². The van der Waals surface area contributed by atoms with Gasteiger partial charge in [0.25, 0.3) is 5.91 Å². The molecule has 3 nitrogen and oxygen atoms in total. The Bertz CT molecular complexity index is 489. The van der Waals surface area contributed by atoms with Gasteiger partial charge in [0.1, 0.15) is 5.75 Å². The van der Waals surface area contributed by atoms with Crippen LogP contribution in [-0.4, -0.2) is 29.3 Å². The van der Waals surface area contributed by atoms with Crippen LogP contribution < -0.4 is 4.74 Å². The molecule has 2 unspecified atom stereocenters. The van der Waals surface area contributed by atoms with Crippen LogP contribution in [0.2, 0.25) is 0 Å². The van der Waals surface area contributed by atoms with Crippen LogP contribution in [0.3, 0.4) is 0 Å². The Morgan fingerprint density at radius 1 is 1.14 bits per heavy atom. The molecule has 1 fully saturated rings. The molecule has 0 N–H and O–H groups in total. The maximum absolute atomic E-state index is 12.5. The van der Waals surface area contributed by atoms with Crippen molar-refractivity contribution >= 4 is 5.91 Å². The van der Waals surface area contributed by atoms with Gasteiger partial charge in [0.2, 0.25) is 0 Å². The highest BCUT2D eigenvalue weighted by molar-refractivity contribution is 5.94. The SMILES string of the molecule is CC1CCCC(C)N1C(=O)c1ccc(OC(F)(F)F)cc1. The Morgan fingerprint density at radius 3 is 2.14 bits per heavy atom.